The second-order valence-corrected chi connectivity index (χ2v) is 15.8. The highest BCUT2D eigenvalue weighted by Crippen LogP contribution is 2.53. The van der Waals surface area contributed by atoms with Crippen LogP contribution in [0.15, 0.2) is 53.7 Å². The van der Waals surface area contributed by atoms with Gasteiger partial charge in [0.2, 0.25) is 0 Å². The number of carbonyl (C=O) groups excluding carboxylic acids is 2. The third-order valence-electron chi connectivity index (χ3n) is 10.7. The van der Waals surface area contributed by atoms with Gasteiger partial charge in [-0.2, -0.15) is 0 Å². The largest absolute Gasteiger partial charge is 0.460 e. The molecule has 1 N–H and O–H groups in total. The van der Waals surface area contributed by atoms with Gasteiger partial charge in [-0.1, -0.05) is 71.7 Å². The minimum absolute atomic E-state index is 0.00641. The molecular formula is C39H48ClN3O5. The van der Waals surface area contributed by atoms with Crippen LogP contribution in [0.1, 0.15) is 89.2 Å². The van der Waals surface area contributed by atoms with Crippen molar-refractivity contribution in [1.29, 1.82) is 0 Å². The molecule has 0 aromatic heterocycles. The van der Waals surface area contributed by atoms with Crippen molar-refractivity contribution in [3.8, 4) is 23.5 Å². The number of piperidine rings is 1. The lowest BCUT2D eigenvalue weighted by atomic mass is 9.68. The molecule has 1 amide bonds. The number of amides is 1. The molecule has 4 fully saturated rings. The number of benzene rings is 2. The molecule has 2 aromatic carbocycles. The van der Waals surface area contributed by atoms with Crippen molar-refractivity contribution in [2.75, 3.05) is 26.2 Å². The topological polar surface area (TPSA) is 91.7 Å². The van der Waals surface area contributed by atoms with E-state index in [0.29, 0.717) is 12.5 Å². The molecule has 9 heteroatoms. The Morgan fingerprint density at radius 2 is 1.65 bits per heavy atom. The van der Waals surface area contributed by atoms with E-state index < -0.39 is 11.0 Å². The Balaban J connectivity index is 1.04. The van der Waals surface area contributed by atoms with Gasteiger partial charge in [-0.15, -0.1) is 12.3 Å². The van der Waals surface area contributed by atoms with Gasteiger partial charge in [-0.25, -0.2) is 4.79 Å². The lowest BCUT2D eigenvalue weighted by molar-refractivity contribution is -0.165. The number of likely N-dealkylation sites (tertiary alicyclic amines) is 1. The quantitative estimate of drug-likeness (QED) is 0.0860. The molecule has 48 heavy (non-hydrogen) atoms. The lowest BCUT2D eigenvalue weighted by Gasteiger charge is -2.44. The number of rotatable bonds is 11. The highest BCUT2D eigenvalue weighted by atomic mass is 35.5. The molecule has 8 nitrogen and oxygen atoms in total. The van der Waals surface area contributed by atoms with Crippen LogP contribution in [0.3, 0.4) is 0 Å². The third-order valence-corrected chi connectivity index (χ3v) is 11.2. The average Bonchev–Trinajstić information content (AvgIpc) is 4.00. The first kappa shape index (κ1) is 34.3. The molecule has 3 saturated carbocycles. The maximum Gasteiger partial charge on any atom is 0.410 e. The average molecular weight is 674 g/mol. The Morgan fingerprint density at radius 3 is 2.17 bits per heavy atom. The standard InChI is InChI=1S/C39H48ClN3O5/c1-5-27-15-21-42(22-16-27)25-39(17-6-18-39)35(44)47-24-28-7-9-29(10-8-28)30-11-13-31(14-12-30)32-23-33(32)43(36(45)48-37(2,3)4)26-38(19-20-38)34(40)41-46/h1,7-14,27,32-33,46H,6,15-26H2,2-4H3/b41-34-/t32-,33+/m0/s1. The fourth-order valence-electron chi connectivity index (χ4n) is 7.27. The molecule has 6 rings (SSSR count). The van der Waals surface area contributed by atoms with Crippen LogP contribution in [0.25, 0.3) is 11.1 Å². The third kappa shape index (κ3) is 7.68. The second kappa shape index (κ2) is 13.8. The van der Waals surface area contributed by atoms with Gasteiger partial charge in [-0.3, -0.25) is 4.79 Å². The van der Waals surface area contributed by atoms with Crippen LogP contribution in [0.5, 0.6) is 0 Å². The van der Waals surface area contributed by atoms with E-state index in [4.69, 9.17) is 27.5 Å². The minimum Gasteiger partial charge on any atom is -0.460 e. The van der Waals surface area contributed by atoms with Crippen molar-refractivity contribution in [3.63, 3.8) is 0 Å². The first-order valence-corrected chi connectivity index (χ1v) is 17.7. The SMILES string of the molecule is C#CC1CCN(CC2(C(=O)OCc3ccc(-c4ccc([C@@H]5C[C@H]5N(CC5(/C(Cl)=N/O)CC5)C(=O)OC(C)(C)C)cc4)cc3)CCC2)CC1. The van der Waals surface area contributed by atoms with Crippen molar-refractivity contribution < 1.29 is 24.3 Å². The van der Waals surface area contributed by atoms with E-state index in [2.05, 4.69) is 52.4 Å². The molecular weight excluding hydrogens is 626 g/mol. The zero-order chi connectivity index (χ0) is 34.1. The van der Waals surface area contributed by atoms with E-state index in [1.54, 1.807) is 4.90 Å². The van der Waals surface area contributed by atoms with Crippen LogP contribution >= 0.6 is 11.6 Å². The molecule has 2 aromatic rings. The van der Waals surface area contributed by atoms with Gasteiger partial charge < -0.3 is 24.5 Å². The number of terminal acetylenes is 1. The predicted octanol–water partition coefficient (Wildman–Crippen LogP) is 7.81. The summed E-state index contributed by atoms with van der Waals surface area (Å²) in [6.45, 7) is 8.90. The molecule has 2 atom stereocenters. The summed E-state index contributed by atoms with van der Waals surface area (Å²) in [6.07, 6.45) is 12.5. The van der Waals surface area contributed by atoms with E-state index in [1.165, 1.54) is 0 Å². The Kier molecular flexibility index (Phi) is 9.84. The van der Waals surface area contributed by atoms with Crippen LogP contribution in [-0.2, 0) is 20.9 Å². The molecule has 0 radical (unpaired) electrons. The number of oxime groups is 1. The normalized spacial score (nSPS) is 23.4. The lowest BCUT2D eigenvalue weighted by Crippen LogP contribution is -2.50. The van der Waals surface area contributed by atoms with E-state index in [0.717, 1.165) is 93.3 Å². The fourth-order valence-corrected chi connectivity index (χ4v) is 7.52. The summed E-state index contributed by atoms with van der Waals surface area (Å²) >= 11 is 6.26. The van der Waals surface area contributed by atoms with E-state index >= 15 is 0 Å². The number of nitrogens with zero attached hydrogens (tertiary/aromatic N) is 3. The van der Waals surface area contributed by atoms with Gasteiger partial charge in [-0.05, 0) is 101 Å². The van der Waals surface area contributed by atoms with Crippen LogP contribution < -0.4 is 0 Å². The van der Waals surface area contributed by atoms with Gasteiger partial charge in [0.25, 0.3) is 0 Å². The van der Waals surface area contributed by atoms with Crippen molar-refractivity contribution in [2.45, 2.75) is 96.3 Å². The molecule has 0 bridgehead atoms. The summed E-state index contributed by atoms with van der Waals surface area (Å²) < 4.78 is 11.6. The number of carbonyl (C=O) groups is 2. The Labute approximate surface area is 289 Å². The van der Waals surface area contributed by atoms with Gasteiger partial charge >= 0.3 is 12.1 Å². The zero-order valence-electron chi connectivity index (χ0n) is 28.4. The summed E-state index contributed by atoms with van der Waals surface area (Å²) in [5.41, 5.74) is 2.81. The predicted molar refractivity (Wildman–Crippen MR) is 187 cm³/mol. The smallest absolute Gasteiger partial charge is 0.410 e. The zero-order valence-corrected chi connectivity index (χ0v) is 29.2. The molecule has 1 aliphatic heterocycles. The second-order valence-electron chi connectivity index (χ2n) is 15.4. The summed E-state index contributed by atoms with van der Waals surface area (Å²) in [5.74, 6) is 3.36. The number of hydrogen-bond donors (Lipinski definition) is 1. The molecule has 1 heterocycles. The number of ether oxygens (including phenoxy) is 2. The van der Waals surface area contributed by atoms with E-state index in [9.17, 15) is 14.8 Å². The summed E-state index contributed by atoms with van der Waals surface area (Å²) in [4.78, 5) is 30.7. The Morgan fingerprint density at radius 1 is 1.02 bits per heavy atom. The summed E-state index contributed by atoms with van der Waals surface area (Å²) in [6, 6.07) is 16.7. The molecule has 0 unspecified atom stereocenters. The highest BCUT2D eigenvalue weighted by molar-refractivity contribution is 6.67. The van der Waals surface area contributed by atoms with E-state index in [1.807, 2.05) is 32.9 Å². The molecule has 4 aliphatic rings. The monoisotopic (exact) mass is 673 g/mol. The summed E-state index contributed by atoms with van der Waals surface area (Å²) in [7, 11) is 0. The van der Waals surface area contributed by atoms with Crippen LogP contribution in [0.2, 0.25) is 0 Å². The van der Waals surface area contributed by atoms with Gasteiger partial charge in [0.15, 0.2) is 5.17 Å². The molecule has 3 aliphatic carbocycles. The molecule has 256 valence electrons. The van der Waals surface area contributed by atoms with Crippen LogP contribution in [-0.4, -0.2) is 70.1 Å². The Hall–Kier alpha value is -3.54. The van der Waals surface area contributed by atoms with Crippen molar-refractivity contribution in [3.05, 3.63) is 59.7 Å². The summed E-state index contributed by atoms with van der Waals surface area (Å²) in [5, 5.41) is 12.7. The highest BCUT2D eigenvalue weighted by Gasteiger charge is 2.54. The molecule has 0 spiro atoms. The maximum atomic E-state index is 13.3. The first-order valence-electron chi connectivity index (χ1n) is 17.4. The number of hydrogen-bond acceptors (Lipinski definition) is 7. The van der Waals surface area contributed by atoms with E-state index in [-0.39, 0.29) is 41.2 Å². The van der Waals surface area contributed by atoms with Crippen molar-refractivity contribution in [1.82, 2.24) is 9.80 Å². The Bertz CT molecular complexity index is 1540. The van der Waals surface area contributed by atoms with Gasteiger partial charge in [0.1, 0.15) is 12.2 Å². The van der Waals surface area contributed by atoms with Crippen LogP contribution in [0, 0.1) is 29.1 Å². The van der Waals surface area contributed by atoms with Crippen molar-refractivity contribution in [2.24, 2.45) is 21.9 Å². The fraction of sp³-hybridized carbons (Fsp3) is 0.564. The van der Waals surface area contributed by atoms with Gasteiger partial charge in [0, 0.05) is 36.4 Å². The van der Waals surface area contributed by atoms with Gasteiger partial charge in [0.05, 0.1) is 5.41 Å². The van der Waals surface area contributed by atoms with Crippen LogP contribution in [0.4, 0.5) is 4.79 Å². The first-order chi connectivity index (χ1) is 22.9. The number of halogens is 1. The minimum atomic E-state index is -0.622. The molecule has 1 saturated heterocycles. The van der Waals surface area contributed by atoms with Crippen molar-refractivity contribution >= 4 is 28.8 Å². The maximum absolute atomic E-state index is 13.3. The number of esters is 1.